The summed E-state index contributed by atoms with van der Waals surface area (Å²) in [6, 6.07) is 8.19. The van der Waals surface area contributed by atoms with E-state index in [-0.39, 0.29) is 30.2 Å². The molecular weight excluding hydrogens is 371 g/mol. The Bertz CT molecular complexity index is 757. The number of aromatic nitrogens is 2. The minimum Gasteiger partial charge on any atom is -0.335 e. The lowest BCUT2D eigenvalue weighted by Gasteiger charge is -2.28. The Balaban J connectivity index is 0.00000196. The second-order valence-corrected chi connectivity index (χ2v) is 7.58. The predicted molar refractivity (Wildman–Crippen MR) is 105 cm³/mol. The molecule has 4 rings (SSSR count). The fraction of sp³-hybridized carbons (Fsp3) is 0.474. The van der Waals surface area contributed by atoms with Crippen molar-refractivity contribution in [3.8, 4) is 0 Å². The van der Waals surface area contributed by atoms with Gasteiger partial charge in [0.1, 0.15) is 0 Å². The molecule has 1 aromatic heterocycles. The van der Waals surface area contributed by atoms with Crippen molar-refractivity contribution >= 4 is 29.9 Å². The van der Waals surface area contributed by atoms with E-state index in [0.717, 1.165) is 42.1 Å². The summed E-state index contributed by atoms with van der Waals surface area (Å²) in [5, 5.41) is 8.40. The lowest BCUT2D eigenvalue weighted by Crippen LogP contribution is -2.39. The molecule has 0 spiro atoms. The summed E-state index contributed by atoms with van der Waals surface area (Å²) in [4.78, 5) is 15.4. The van der Waals surface area contributed by atoms with Crippen molar-refractivity contribution in [1.29, 1.82) is 0 Å². The third-order valence-corrected chi connectivity index (χ3v) is 5.47. The molecule has 2 aromatic rings. The Labute approximate surface area is 165 Å². The van der Waals surface area contributed by atoms with E-state index in [4.69, 9.17) is 11.6 Å². The van der Waals surface area contributed by atoms with Crippen LogP contribution in [0.5, 0.6) is 0 Å². The van der Waals surface area contributed by atoms with Gasteiger partial charge in [-0.05, 0) is 36.1 Å². The largest absolute Gasteiger partial charge is 0.335 e. The molecule has 0 unspecified atom stereocenters. The van der Waals surface area contributed by atoms with Crippen molar-refractivity contribution < 1.29 is 4.79 Å². The number of hydrogen-bond donors (Lipinski definition) is 1. The summed E-state index contributed by atoms with van der Waals surface area (Å²) in [6.07, 6.45) is 6.13. The van der Waals surface area contributed by atoms with Gasteiger partial charge in [0.05, 0.1) is 12.1 Å². The van der Waals surface area contributed by atoms with E-state index in [1.54, 1.807) is 0 Å². The minimum absolute atomic E-state index is 0. The van der Waals surface area contributed by atoms with Crippen molar-refractivity contribution in [3.63, 3.8) is 0 Å². The number of carbonyl (C=O) groups is 1. The van der Waals surface area contributed by atoms with E-state index in [2.05, 4.69) is 15.3 Å². The number of nitrogens with zero attached hydrogens (tertiary/aromatic N) is 3. The van der Waals surface area contributed by atoms with Crippen LogP contribution >= 0.6 is 24.0 Å². The first-order chi connectivity index (χ1) is 12.1. The monoisotopic (exact) mass is 394 g/mol. The molecule has 1 N–H and O–H groups in total. The minimum atomic E-state index is -0.0166. The molecule has 0 radical (unpaired) electrons. The Kier molecular flexibility index (Phi) is 5.90. The van der Waals surface area contributed by atoms with Gasteiger partial charge in [0.2, 0.25) is 5.91 Å². The second kappa shape index (κ2) is 7.99. The Morgan fingerprint density at radius 2 is 2.04 bits per heavy atom. The van der Waals surface area contributed by atoms with Crippen LogP contribution in [0.3, 0.4) is 0 Å². The van der Waals surface area contributed by atoms with E-state index in [1.165, 1.54) is 0 Å². The molecule has 1 saturated carbocycles. The maximum Gasteiger partial charge on any atom is 0.228 e. The number of amides is 1. The molecule has 1 amide bonds. The molecule has 1 aliphatic carbocycles. The maximum absolute atomic E-state index is 13.3. The third-order valence-electron chi connectivity index (χ3n) is 5.22. The van der Waals surface area contributed by atoms with E-state index in [1.807, 2.05) is 48.4 Å². The molecule has 7 heteroatoms. The standard InChI is InChI=1S/C19H23ClN4O.ClH/c1-23-12-14(8-22-23)17-9-21-10-18(17)19(25)24(16-6-7-16)11-13-2-4-15(20)5-3-13;/h2-5,8,12,16-18,21H,6-7,9-11H2,1H3;1H/t17-,18+;/m1./s1. The van der Waals surface area contributed by atoms with Crippen molar-refractivity contribution in [3.05, 3.63) is 52.8 Å². The second-order valence-electron chi connectivity index (χ2n) is 7.14. The molecule has 5 nitrogen and oxygen atoms in total. The number of benzene rings is 1. The van der Waals surface area contributed by atoms with Crippen LogP contribution in [-0.4, -0.2) is 39.7 Å². The van der Waals surface area contributed by atoms with Crippen molar-refractivity contribution in [2.45, 2.75) is 31.3 Å². The maximum atomic E-state index is 13.3. The highest BCUT2D eigenvalue weighted by molar-refractivity contribution is 6.30. The first kappa shape index (κ1) is 19.2. The molecule has 2 aliphatic rings. The first-order valence-electron chi connectivity index (χ1n) is 8.86. The van der Waals surface area contributed by atoms with Gasteiger partial charge in [-0.3, -0.25) is 9.48 Å². The molecule has 2 fully saturated rings. The zero-order chi connectivity index (χ0) is 17.4. The normalized spacial score (nSPS) is 22.1. The zero-order valence-corrected chi connectivity index (χ0v) is 16.3. The number of hydrogen-bond acceptors (Lipinski definition) is 3. The topological polar surface area (TPSA) is 50.2 Å². The van der Waals surface area contributed by atoms with Gasteiger partial charge >= 0.3 is 0 Å². The summed E-state index contributed by atoms with van der Waals surface area (Å²) in [6.45, 7) is 2.24. The Hall–Kier alpha value is -1.56. The van der Waals surface area contributed by atoms with Gasteiger partial charge in [0.15, 0.2) is 0 Å². The Morgan fingerprint density at radius 3 is 2.65 bits per heavy atom. The fourth-order valence-electron chi connectivity index (χ4n) is 3.69. The molecule has 2 heterocycles. The van der Waals surface area contributed by atoms with Gasteiger partial charge in [-0.15, -0.1) is 12.4 Å². The number of carbonyl (C=O) groups excluding carboxylic acids is 1. The Morgan fingerprint density at radius 1 is 1.31 bits per heavy atom. The van der Waals surface area contributed by atoms with Crippen molar-refractivity contribution in [1.82, 2.24) is 20.0 Å². The highest BCUT2D eigenvalue weighted by Gasteiger charge is 2.41. The smallest absolute Gasteiger partial charge is 0.228 e. The summed E-state index contributed by atoms with van der Waals surface area (Å²) in [5.41, 5.74) is 2.28. The lowest BCUT2D eigenvalue weighted by molar-refractivity contribution is -0.136. The van der Waals surface area contributed by atoms with Crippen LogP contribution in [0, 0.1) is 5.92 Å². The average molecular weight is 395 g/mol. The third kappa shape index (κ3) is 4.05. The molecule has 1 saturated heterocycles. The van der Waals surface area contributed by atoms with Gasteiger partial charge in [-0.1, -0.05) is 23.7 Å². The molecule has 1 aromatic carbocycles. The highest BCUT2D eigenvalue weighted by atomic mass is 35.5. The number of aryl methyl sites for hydroxylation is 1. The number of nitrogens with one attached hydrogen (secondary N) is 1. The molecule has 2 atom stereocenters. The van der Waals surface area contributed by atoms with E-state index >= 15 is 0 Å². The van der Waals surface area contributed by atoms with Crippen LogP contribution in [0.1, 0.15) is 29.9 Å². The number of halogens is 2. The highest BCUT2D eigenvalue weighted by Crippen LogP contribution is 2.35. The molecular formula is C19H24Cl2N4O. The van der Waals surface area contributed by atoms with Crippen LogP contribution in [0.25, 0.3) is 0 Å². The summed E-state index contributed by atoms with van der Waals surface area (Å²) in [7, 11) is 1.92. The molecule has 140 valence electrons. The van der Waals surface area contributed by atoms with Gasteiger partial charge in [0.25, 0.3) is 0 Å². The van der Waals surface area contributed by atoms with Crippen LogP contribution < -0.4 is 5.32 Å². The first-order valence-corrected chi connectivity index (χ1v) is 9.24. The summed E-state index contributed by atoms with van der Waals surface area (Å²) < 4.78 is 1.81. The average Bonchev–Trinajstić information content (AvgIpc) is 3.16. The van der Waals surface area contributed by atoms with Crippen molar-refractivity contribution in [2.75, 3.05) is 13.1 Å². The van der Waals surface area contributed by atoms with Gasteiger partial charge in [-0.25, -0.2) is 0 Å². The van der Waals surface area contributed by atoms with Gasteiger partial charge < -0.3 is 10.2 Å². The van der Waals surface area contributed by atoms with E-state index < -0.39 is 0 Å². The van der Waals surface area contributed by atoms with Gasteiger partial charge in [0, 0.05) is 49.9 Å². The quantitative estimate of drug-likeness (QED) is 0.847. The molecule has 26 heavy (non-hydrogen) atoms. The molecule has 1 aliphatic heterocycles. The summed E-state index contributed by atoms with van der Waals surface area (Å²) in [5.74, 6) is 0.445. The SMILES string of the molecule is Cl.Cn1cc([C@H]2CNC[C@@H]2C(=O)N(Cc2ccc(Cl)cc2)C2CC2)cn1. The summed E-state index contributed by atoms with van der Waals surface area (Å²) >= 11 is 5.98. The van der Waals surface area contributed by atoms with Crippen LogP contribution in [-0.2, 0) is 18.4 Å². The van der Waals surface area contributed by atoms with Crippen LogP contribution in [0.2, 0.25) is 5.02 Å². The van der Waals surface area contributed by atoms with E-state index in [9.17, 15) is 4.79 Å². The molecule has 0 bridgehead atoms. The predicted octanol–water partition coefficient (Wildman–Crippen LogP) is 2.99. The van der Waals surface area contributed by atoms with E-state index in [0.29, 0.717) is 12.6 Å². The fourth-order valence-corrected chi connectivity index (χ4v) is 3.82. The van der Waals surface area contributed by atoms with Crippen LogP contribution in [0.15, 0.2) is 36.7 Å². The van der Waals surface area contributed by atoms with Crippen molar-refractivity contribution in [2.24, 2.45) is 13.0 Å². The van der Waals surface area contributed by atoms with Crippen LogP contribution in [0.4, 0.5) is 0 Å². The zero-order valence-electron chi connectivity index (χ0n) is 14.8. The number of rotatable bonds is 5. The lowest BCUT2D eigenvalue weighted by atomic mass is 9.89. The van der Waals surface area contributed by atoms with Gasteiger partial charge in [-0.2, -0.15) is 5.10 Å².